The van der Waals surface area contributed by atoms with Gasteiger partial charge in [0, 0.05) is 11.0 Å². The van der Waals surface area contributed by atoms with Crippen molar-refractivity contribution < 1.29 is 13.9 Å². The minimum absolute atomic E-state index is 0.182. The molecule has 3 aromatic carbocycles. The minimum Gasteiger partial charge on any atom is -0.487 e. The quantitative estimate of drug-likeness (QED) is 0.213. The highest BCUT2D eigenvalue weighted by atomic mass is 19.1. The van der Waals surface area contributed by atoms with Gasteiger partial charge in [-0.3, -0.25) is 10.8 Å². The number of rotatable bonds is 7. The molecule has 2 N–H and O–H groups in total. The van der Waals surface area contributed by atoms with E-state index in [2.05, 4.69) is 4.98 Å². The normalized spacial score (nSPS) is 11.2. The van der Waals surface area contributed by atoms with Crippen LogP contribution in [-0.4, -0.2) is 17.3 Å². The minimum atomic E-state index is -0.336. The maximum atomic E-state index is 13.2. The number of benzene rings is 3. The highest BCUT2D eigenvalue weighted by molar-refractivity contribution is 6.24. The van der Waals surface area contributed by atoms with Crippen LogP contribution in [0.5, 0.6) is 5.75 Å². The Hall–Kier alpha value is -4.32. The van der Waals surface area contributed by atoms with E-state index in [4.69, 9.17) is 20.3 Å². The molecule has 0 saturated heterocycles. The third-order valence-corrected chi connectivity index (χ3v) is 4.81. The second kappa shape index (κ2) is 9.66. The lowest BCUT2D eigenvalue weighted by Gasteiger charge is -2.11. The van der Waals surface area contributed by atoms with Crippen LogP contribution in [0.4, 0.5) is 4.39 Å². The van der Waals surface area contributed by atoms with Gasteiger partial charge >= 0.3 is 0 Å². The SMILES string of the molecule is N=COC(=N)/C(=C/c1ccc(F)cc1)c1ccc(OCc2ccc3ccccc3n2)cc1. The molecule has 0 atom stereocenters. The third kappa shape index (κ3) is 5.05. The summed E-state index contributed by atoms with van der Waals surface area (Å²) in [4.78, 5) is 4.61. The van der Waals surface area contributed by atoms with E-state index < -0.39 is 0 Å². The first-order chi connectivity index (χ1) is 15.6. The van der Waals surface area contributed by atoms with E-state index in [0.717, 1.165) is 16.6 Å². The van der Waals surface area contributed by atoms with Crippen molar-refractivity contribution in [1.29, 1.82) is 10.8 Å². The van der Waals surface area contributed by atoms with Crippen LogP contribution in [0.1, 0.15) is 16.8 Å². The lowest BCUT2D eigenvalue weighted by atomic mass is 10.0. The first-order valence-corrected chi connectivity index (χ1v) is 9.92. The molecule has 1 heterocycles. The van der Waals surface area contributed by atoms with Crippen molar-refractivity contribution in [2.45, 2.75) is 6.61 Å². The van der Waals surface area contributed by atoms with Crippen LogP contribution in [0.25, 0.3) is 22.6 Å². The van der Waals surface area contributed by atoms with Crippen molar-refractivity contribution in [3.63, 3.8) is 0 Å². The van der Waals surface area contributed by atoms with E-state index in [1.54, 1.807) is 42.5 Å². The second-order valence-corrected chi connectivity index (χ2v) is 6.98. The number of pyridine rings is 1. The van der Waals surface area contributed by atoms with Crippen LogP contribution in [0.3, 0.4) is 0 Å². The van der Waals surface area contributed by atoms with Gasteiger partial charge in [-0.1, -0.05) is 48.5 Å². The molecule has 0 unspecified atom stereocenters. The molecule has 0 aliphatic rings. The topological polar surface area (TPSA) is 79.0 Å². The maximum absolute atomic E-state index is 13.2. The van der Waals surface area contributed by atoms with Gasteiger partial charge in [0.25, 0.3) is 0 Å². The lowest BCUT2D eigenvalue weighted by molar-refractivity contribution is 0.302. The van der Waals surface area contributed by atoms with Crippen molar-refractivity contribution in [2.24, 2.45) is 0 Å². The summed E-state index contributed by atoms with van der Waals surface area (Å²) in [5, 5.41) is 16.3. The number of nitrogens with one attached hydrogen (secondary N) is 2. The van der Waals surface area contributed by atoms with Crippen LogP contribution in [0.15, 0.2) is 84.9 Å². The van der Waals surface area contributed by atoms with Gasteiger partial charge in [0.15, 0.2) is 6.40 Å². The molecule has 0 bridgehead atoms. The van der Waals surface area contributed by atoms with Crippen LogP contribution in [0, 0.1) is 16.6 Å². The van der Waals surface area contributed by atoms with Gasteiger partial charge in [-0.25, -0.2) is 9.37 Å². The summed E-state index contributed by atoms with van der Waals surface area (Å²) in [5.74, 6) is 0.139. The predicted octanol–water partition coefficient (Wildman–Crippen LogP) is 6.09. The molecule has 0 aliphatic heterocycles. The van der Waals surface area contributed by atoms with E-state index >= 15 is 0 Å². The summed E-state index contributed by atoms with van der Waals surface area (Å²) >= 11 is 0. The van der Waals surface area contributed by atoms with Gasteiger partial charge in [-0.2, -0.15) is 0 Å². The fraction of sp³-hybridized carbons (Fsp3) is 0.0385. The standard InChI is InChI=1S/C26H20FN3O2/c27-21-10-5-18(6-11-21)15-24(26(29)32-17-28)19-8-13-23(14-9-19)31-16-22-12-7-20-3-1-2-4-25(20)30-22/h1-15,17,28-29H,16H2/b24-15+,28-17?,29-26?. The Bertz CT molecular complexity index is 1280. The summed E-state index contributed by atoms with van der Waals surface area (Å²) in [5.41, 5.74) is 3.62. The van der Waals surface area contributed by atoms with Crippen molar-refractivity contribution in [1.82, 2.24) is 4.98 Å². The maximum Gasteiger partial charge on any atom is 0.221 e. The fourth-order valence-electron chi connectivity index (χ4n) is 3.20. The average Bonchev–Trinajstić information content (AvgIpc) is 2.83. The number of para-hydroxylation sites is 1. The van der Waals surface area contributed by atoms with E-state index in [9.17, 15) is 4.39 Å². The van der Waals surface area contributed by atoms with Gasteiger partial charge in [0.05, 0.1) is 11.2 Å². The molecule has 158 valence electrons. The number of hydrogen-bond acceptors (Lipinski definition) is 5. The monoisotopic (exact) mass is 425 g/mol. The van der Waals surface area contributed by atoms with Gasteiger partial charge in [-0.15, -0.1) is 0 Å². The van der Waals surface area contributed by atoms with E-state index in [1.165, 1.54) is 12.1 Å². The molecule has 0 fully saturated rings. The summed E-state index contributed by atoms with van der Waals surface area (Å²) in [6.45, 7) is 0.329. The molecule has 4 rings (SSSR count). The molecule has 0 spiro atoms. The molecule has 0 radical (unpaired) electrons. The number of nitrogens with zero attached hydrogens (tertiary/aromatic N) is 1. The summed E-state index contributed by atoms with van der Waals surface area (Å²) in [6.07, 6.45) is 2.41. The van der Waals surface area contributed by atoms with Gasteiger partial charge in [-0.05, 0) is 53.6 Å². The first-order valence-electron chi connectivity index (χ1n) is 9.92. The molecular formula is C26H20FN3O2. The Morgan fingerprint density at radius 1 is 0.906 bits per heavy atom. The summed E-state index contributed by atoms with van der Waals surface area (Å²) < 4.78 is 24.0. The molecule has 6 heteroatoms. The number of halogens is 1. The van der Waals surface area contributed by atoms with Crippen LogP contribution < -0.4 is 4.74 Å². The van der Waals surface area contributed by atoms with E-state index in [0.29, 0.717) is 35.5 Å². The summed E-state index contributed by atoms with van der Waals surface area (Å²) in [7, 11) is 0. The zero-order chi connectivity index (χ0) is 22.3. The smallest absolute Gasteiger partial charge is 0.221 e. The molecule has 5 nitrogen and oxygen atoms in total. The van der Waals surface area contributed by atoms with E-state index in [-0.39, 0.29) is 11.7 Å². The molecule has 0 aliphatic carbocycles. The molecule has 4 aromatic rings. The van der Waals surface area contributed by atoms with E-state index in [1.807, 2.05) is 36.4 Å². The molecule has 0 saturated carbocycles. The van der Waals surface area contributed by atoms with Gasteiger partial charge < -0.3 is 9.47 Å². The number of fused-ring (bicyclic) bond motifs is 1. The fourth-order valence-corrected chi connectivity index (χ4v) is 3.20. The lowest BCUT2D eigenvalue weighted by Crippen LogP contribution is -2.05. The zero-order valence-electron chi connectivity index (χ0n) is 17.1. The Labute approximate surface area is 184 Å². The Balaban J connectivity index is 1.52. The zero-order valence-corrected chi connectivity index (χ0v) is 17.1. The van der Waals surface area contributed by atoms with Crippen LogP contribution in [-0.2, 0) is 11.3 Å². The van der Waals surface area contributed by atoms with Crippen molar-refractivity contribution in [2.75, 3.05) is 0 Å². The average molecular weight is 425 g/mol. The predicted molar refractivity (Wildman–Crippen MR) is 124 cm³/mol. The largest absolute Gasteiger partial charge is 0.487 e. The molecule has 32 heavy (non-hydrogen) atoms. The van der Waals surface area contributed by atoms with Crippen molar-refractivity contribution in [3.05, 3.63) is 108 Å². The number of hydrogen-bond donors (Lipinski definition) is 2. The Morgan fingerprint density at radius 3 is 2.41 bits per heavy atom. The Kier molecular flexibility index (Phi) is 6.32. The van der Waals surface area contributed by atoms with Crippen molar-refractivity contribution >= 4 is 34.9 Å². The first kappa shape index (κ1) is 20.9. The molecule has 1 aromatic heterocycles. The third-order valence-electron chi connectivity index (χ3n) is 4.81. The van der Waals surface area contributed by atoms with Crippen LogP contribution in [0.2, 0.25) is 0 Å². The Morgan fingerprint density at radius 2 is 1.66 bits per heavy atom. The number of ether oxygens (including phenoxy) is 2. The summed E-state index contributed by atoms with van der Waals surface area (Å²) in [6, 6.07) is 25.0. The van der Waals surface area contributed by atoms with Gasteiger partial charge in [0.1, 0.15) is 18.2 Å². The highest BCUT2D eigenvalue weighted by Crippen LogP contribution is 2.23. The van der Waals surface area contributed by atoms with Crippen LogP contribution >= 0.6 is 0 Å². The number of aromatic nitrogens is 1. The second-order valence-electron chi connectivity index (χ2n) is 6.98. The molecular weight excluding hydrogens is 405 g/mol. The molecule has 0 amide bonds. The van der Waals surface area contributed by atoms with Gasteiger partial charge in [0.2, 0.25) is 5.90 Å². The van der Waals surface area contributed by atoms with Crippen molar-refractivity contribution in [3.8, 4) is 5.75 Å². The highest BCUT2D eigenvalue weighted by Gasteiger charge is 2.11.